The summed E-state index contributed by atoms with van der Waals surface area (Å²) in [5.74, 6) is -0.379. The third kappa shape index (κ3) is 2.20. The summed E-state index contributed by atoms with van der Waals surface area (Å²) in [5, 5.41) is 15.8. The Morgan fingerprint density at radius 2 is 2.56 bits per heavy atom. The van der Waals surface area contributed by atoms with E-state index in [0.29, 0.717) is 18.9 Å². The van der Waals surface area contributed by atoms with Gasteiger partial charge in [-0.25, -0.2) is 4.79 Å². The molecule has 0 unspecified atom stereocenters. The van der Waals surface area contributed by atoms with Crippen LogP contribution in [0.2, 0.25) is 0 Å². The second kappa shape index (κ2) is 4.58. The van der Waals surface area contributed by atoms with Crippen molar-refractivity contribution < 1.29 is 19.2 Å². The van der Waals surface area contributed by atoms with Crippen LogP contribution in [0.5, 0.6) is 0 Å². The number of ether oxygens (including phenoxy) is 1. The van der Waals surface area contributed by atoms with Crippen LogP contribution in [0.1, 0.15) is 35.9 Å². The Kier molecular flexibility index (Phi) is 3.16. The van der Waals surface area contributed by atoms with E-state index in [2.05, 4.69) is 15.5 Å². The molecule has 2 atom stereocenters. The van der Waals surface area contributed by atoms with Crippen molar-refractivity contribution in [1.82, 2.24) is 15.5 Å². The fourth-order valence-corrected chi connectivity index (χ4v) is 1.56. The quantitative estimate of drug-likeness (QED) is 0.680. The van der Waals surface area contributed by atoms with E-state index in [4.69, 9.17) is 9.26 Å². The largest absolute Gasteiger partial charge is 0.460 e. The summed E-state index contributed by atoms with van der Waals surface area (Å²) in [6.45, 7) is 2.46. The number of hydrogen-bond donors (Lipinski definition) is 2. The molecule has 1 aliphatic heterocycles. The Labute approximate surface area is 91.8 Å². The van der Waals surface area contributed by atoms with Crippen LogP contribution in [0.4, 0.5) is 0 Å². The number of β-amino-alcohol motifs (C(OH)–C–C–N with tert-alkyl or cyclic N) is 1. The number of aliphatic hydroxyl groups excluding tert-OH is 1. The number of nitrogens with zero attached hydrogens (tertiary/aromatic N) is 2. The first-order chi connectivity index (χ1) is 7.70. The summed E-state index contributed by atoms with van der Waals surface area (Å²) in [4.78, 5) is 15.2. The molecule has 0 aliphatic carbocycles. The topological polar surface area (TPSA) is 97.5 Å². The molecule has 0 bridgehead atoms. The summed E-state index contributed by atoms with van der Waals surface area (Å²) in [5.41, 5.74) is 0. The molecule has 16 heavy (non-hydrogen) atoms. The second-order valence-electron chi connectivity index (χ2n) is 3.53. The van der Waals surface area contributed by atoms with E-state index in [9.17, 15) is 9.90 Å². The number of aromatic nitrogens is 2. The first-order valence-corrected chi connectivity index (χ1v) is 5.13. The predicted octanol–water partition coefficient (Wildman–Crippen LogP) is -0.358. The number of nitrogens with one attached hydrogen (secondary N) is 1. The summed E-state index contributed by atoms with van der Waals surface area (Å²) in [6, 6.07) is -0.189. The molecule has 1 aromatic rings. The van der Waals surface area contributed by atoms with Crippen molar-refractivity contribution in [3.63, 3.8) is 0 Å². The molecule has 2 rings (SSSR count). The van der Waals surface area contributed by atoms with E-state index in [0.717, 1.165) is 0 Å². The highest BCUT2D eigenvalue weighted by Crippen LogP contribution is 2.21. The molecule has 7 heteroatoms. The molecule has 1 aliphatic rings. The summed E-state index contributed by atoms with van der Waals surface area (Å²) in [6.07, 6.45) is 0.0905. The van der Waals surface area contributed by atoms with Gasteiger partial charge in [-0.2, -0.15) is 4.98 Å². The van der Waals surface area contributed by atoms with Crippen LogP contribution < -0.4 is 5.32 Å². The van der Waals surface area contributed by atoms with E-state index in [-0.39, 0.29) is 18.5 Å². The second-order valence-corrected chi connectivity index (χ2v) is 3.53. The predicted molar refractivity (Wildman–Crippen MR) is 51.6 cm³/mol. The van der Waals surface area contributed by atoms with Gasteiger partial charge in [0.15, 0.2) is 0 Å². The molecule has 1 fully saturated rings. The number of carbonyl (C=O) groups excluding carboxylic acids is 1. The minimum atomic E-state index is -0.601. The van der Waals surface area contributed by atoms with Gasteiger partial charge in [0.25, 0.3) is 5.82 Å². The molecule has 0 saturated carbocycles. The van der Waals surface area contributed by atoms with Crippen molar-refractivity contribution >= 4 is 5.97 Å². The summed E-state index contributed by atoms with van der Waals surface area (Å²) in [7, 11) is 0. The Balaban J connectivity index is 2.04. The molecule has 0 radical (unpaired) electrons. The Morgan fingerprint density at radius 3 is 3.19 bits per heavy atom. The van der Waals surface area contributed by atoms with Crippen LogP contribution in [0, 0.1) is 0 Å². The zero-order chi connectivity index (χ0) is 11.5. The maximum atomic E-state index is 11.3. The number of hydrogen-bond acceptors (Lipinski definition) is 7. The third-order valence-electron chi connectivity index (χ3n) is 2.31. The standard InChI is InChI=1S/C9H13N3O4/c1-2-15-9(14)7-11-8(16-12-7)6-3-5(13)4-10-6/h5-6,10,13H,2-4H2,1H3/t5-,6-/m0/s1. The van der Waals surface area contributed by atoms with Gasteiger partial charge in [0.2, 0.25) is 5.89 Å². The molecule has 2 heterocycles. The van der Waals surface area contributed by atoms with Gasteiger partial charge in [-0.1, -0.05) is 0 Å². The van der Waals surface area contributed by atoms with Crippen LogP contribution in [0.25, 0.3) is 0 Å². The molecule has 88 valence electrons. The SMILES string of the molecule is CCOC(=O)c1noc([C@@H]2C[C@H](O)CN2)n1. The van der Waals surface area contributed by atoms with E-state index in [1.54, 1.807) is 6.92 Å². The minimum Gasteiger partial charge on any atom is -0.460 e. The van der Waals surface area contributed by atoms with Crippen LogP contribution in [-0.2, 0) is 4.74 Å². The molecule has 7 nitrogen and oxygen atoms in total. The lowest BCUT2D eigenvalue weighted by molar-refractivity contribution is 0.0508. The van der Waals surface area contributed by atoms with Gasteiger partial charge in [0, 0.05) is 6.54 Å². The summed E-state index contributed by atoms with van der Waals surface area (Å²) < 4.78 is 9.66. The first-order valence-electron chi connectivity index (χ1n) is 5.13. The first kappa shape index (κ1) is 11.0. The molecule has 0 amide bonds. The van der Waals surface area contributed by atoms with Gasteiger partial charge in [-0.3, -0.25) is 0 Å². The lowest BCUT2D eigenvalue weighted by Crippen LogP contribution is -2.15. The maximum Gasteiger partial charge on any atom is 0.379 e. The molecule has 0 aromatic carbocycles. The highest BCUT2D eigenvalue weighted by Gasteiger charge is 2.29. The molecular formula is C9H13N3O4. The van der Waals surface area contributed by atoms with Crippen molar-refractivity contribution in [2.75, 3.05) is 13.2 Å². The number of rotatable bonds is 3. The molecule has 1 aromatic heterocycles. The van der Waals surface area contributed by atoms with Crippen molar-refractivity contribution in [3.05, 3.63) is 11.7 Å². The van der Waals surface area contributed by atoms with Crippen LogP contribution in [-0.4, -0.2) is 40.5 Å². The van der Waals surface area contributed by atoms with Gasteiger partial charge in [-0.15, -0.1) is 0 Å². The van der Waals surface area contributed by atoms with Crippen molar-refractivity contribution in [2.45, 2.75) is 25.5 Å². The zero-order valence-corrected chi connectivity index (χ0v) is 8.84. The number of carbonyl (C=O) groups is 1. The highest BCUT2D eigenvalue weighted by atomic mass is 16.5. The summed E-state index contributed by atoms with van der Waals surface area (Å²) >= 11 is 0. The van der Waals surface area contributed by atoms with Gasteiger partial charge >= 0.3 is 5.97 Å². The lowest BCUT2D eigenvalue weighted by atomic mass is 10.2. The van der Waals surface area contributed by atoms with Crippen molar-refractivity contribution in [2.24, 2.45) is 0 Å². The number of esters is 1. The molecule has 0 spiro atoms. The van der Waals surface area contributed by atoms with Gasteiger partial charge in [-0.05, 0) is 18.5 Å². The van der Waals surface area contributed by atoms with Crippen LogP contribution in [0.3, 0.4) is 0 Å². The van der Waals surface area contributed by atoms with Gasteiger partial charge < -0.3 is 19.7 Å². The third-order valence-corrected chi connectivity index (χ3v) is 2.31. The van der Waals surface area contributed by atoms with Crippen LogP contribution >= 0.6 is 0 Å². The van der Waals surface area contributed by atoms with Gasteiger partial charge in [0.05, 0.1) is 18.8 Å². The average molecular weight is 227 g/mol. The Morgan fingerprint density at radius 1 is 1.75 bits per heavy atom. The van der Waals surface area contributed by atoms with E-state index < -0.39 is 12.1 Å². The fraction of sp³-hybridized carbons (Fsp3) is 0.667. The average Bonchev–Trinajstić information content (AvgIpc) is 2.85. The lowest BCUT2D eigenvalue weighted by Gasteiger charge is -2.01. The van der Waals surface area contributed by atoms with Gasteiger partial charge in [0.1, 0.15) is 0 Å². The fourth-order valence-electron chi connectivity index (χ4n) is 1.56. The molecular weight excluding hydrogens is 214 g/mol. The highest BCUT2D eigenvalue weighted by molar-refractivity contribution is 5.84. The zero-order valence-electron chi connectivity index (χ0n) is 8.84. The van der Waals surface area contributed by atoms with E-state index in [1.807, 2.05) is 0 Å². The van der Waals surface area contributed by atoms with E-state index >= 15 is 0 Å². The number of aliphatic hydroxyl groups is 1. The van der Waals surface area contributed by atoms with Crippen LogP contribution in [0.15, 0.2) is 4.52 Å². The normalized spacial score (nSPS) is 24.6. The maximum absolute atomic E-state index is 11.3. The molecule has 1 saturated heterocycles. The Hall–Kier alpha value is -1.47. The van der Waals surface area contributed by atoms with Crippen molar-refractivity contribution in [3.8, 4) is 0 Å². The Bertz CT molecular complexity index is 379. The molecule has 2 N–H and O–H groups in total. The van der Waals surface area contributed by atoms with Crippen molar-refractivity contribution in [1.29, 1.82) is 0 Å². The smallest absolute Gasteiger partial charge is 0.379 e. The minimum absolute atomic E-state index is 0.0833. The van der Waals surface area contributed by atoms with E-state index in [1.165, 1.54) is 0 Å². The monoisotopic (exact) mass is 227 g/mol.